The number of esters is 1. The maximum absolute atomic E-state index is 11.7. The molecule has 2 rings (SSSR count). The first-order chi connectivity index (χ1) is 9.08. The van der Waals surface area contributed by atoms with Crippen molar-refractivity contribution in [3.05, 3.63) is 52.4 Å². The van der Waals surface area contributed by atoms with Crippen LogP contribution in [0.25, 0.3) is 11.1 Å². The lowest BCUT2D eigenvalue weighted by Gasteiger charge is -2.07. The van der Waals surface area contributed by atoms with Crippen molar-refractivity contribution in [3.63, 3.8) is 0 Å². The van der Waals surface area contributed by atoms with Crippen LogP contribution in [0.1, 0.15) is 24.3 Å². The number of nitrogens with one attached hydrogen (secondary N) is 1. The van der Waals surface area contributed by atoms with E-state index in [0.29, 0.717) is 5.56 Å². The summed E-state index contributed by atoms with van der Waals surface area (Å²) >= 11 is 0. The molecule has 0 saturated heterocycles. The van der Waals surface area contributed by atoms with Gasteiger partial charge >= 0.3 is 5.97 Å². The summed E-state index contributed by atoms with van der Waals surface area (Å²) in [5.74, 6) is -0.552. The van der Waals surface area contributed by atoms with Crippen LogP contribution in [0.2, 0.25) is 0 Å². The Bertz CT molecular complexity index is 633. The molecule has 0 aliphatic carbocycles. The van der Waals surface area contributed by atoms with Crippen LogP contribution < -0.4 is 5.56 Å². The summed E-state index contributed by atoms with van der Waals surface area (Å²) in [5, 5.41) is 6.02. The Kier molecular flexibility index (Phi) is 3.75. The lowest BCUT2D eigenvalue weighted by molar-refractivity contribution is 0.0369. The third-order valence-corrected chi connectivity index (χ3v) is 2.44. The standard InChI is InChI=1S/C14H14N2O3/c1-9(2)19-14(18)12-8-11(13(17)16-15-12)10-6-4-3-5-7-10/h3-9H,1-2H3,(H,16,17). The molecular weight excluding hydrogens is 244 g/mol. The first-order valence-corrected chi connectivity index (χ1v) is 5.94. The van der Waals surface area contributed by atoms with Crippen molar-refractivity contribution < 1.29 is 9.53 Å². The smallest absolute Gasteiger partial charge is 0.359 e. The second-order valence-electron chi connectivity index (χ2n) is 4.32. The van der Waals surface area contributed by atoms with Gasteiger partial charge in [-0.1, -0.05) is 30.3 Å². The molecule has 5 heteroatoms. The van der Waals surface area contributed by atoms with E-state index in [-0.39, 0.29) is 17.4 Å². The minimum atomic E-state index is -0.552. The van der Waals surface area contributed by atoms with Gasteiger partial charge in [0.05, 0.1) is 11.7 Å². The third-order valence-electron chi connectivity index (χ3n) is 2.44. The van der Waals surface area contributed by atoms with E-state index in [4.69, 9.17) is 4.74 Å². The molecule has 0 unspecified atom stereocenters. The Morgan fingerprint density at radius 3 is 2.58 bits per heavy atom. The van der Waals surface area contributed by atoms with E-state index in [1.807, 2.05) is 18.2 Å². The number of hydrogen-bond donors (Lipinski definition) is 1. The number of carbonyl (C=O) groups excluding carboxylic acids is 1. The molecule has 0 bridgehead atoms. The molecule has 5 nitrogen and oxygen atoms in total. The van der Waals surface area contributed by atoms with Crippen molar-refractivity contribution in [2.24, 2.45) is 0 Å². The fourth-order valence-corrected chi connectivity index (χ4v) is 1.62. The predicted octanol–water partition coefficient (Wildman–Crippen LogP) is 2.00. The lowest BCUT2D eigenvalue weighted by Crippen LogP contribution is -2.18. The molecule has 0 atom stereocenters. The second kappa shape index (κ2) is 5.48. The van der Waals surface area contributed by atoms with E-state index in [1.165, 1.54) is 6.07 Å². The highest BCUT2D eigenvalue weighted by atomic mass is 16.5. The summed E-state index contributed by atoms with van der Waals surface area (Å²) < 4.78 is 5.04. The number of ether oxygens (including phenoxy) is 1. The maximum atomic E-state index is 11.7. The van der Waals surface area contributed by atoms with Gasteiger partial charge < -0.3 is 4.74 Å². The quantitative estimate of drug-likeness (QED) is 0.855. The van der Waals surface area contributed by atoms with E-state index < -0.39 is 5.97 Å². The van der Waals surface area contributed by atoms with E-state index >= 15 is 0 Å². The van der Waals surface area contributed by atoms with Gasteiger partial charge in [0.25, 0.3) is 5.56 Å². The van der Waals surface area contributed by atoms with Crippen LogP contribution in [0.3, 0.4) is 0 Å². The molecule has 0 radical (unpaired) electrons. The highest BCUT2D eigenvalue weighted by molar-refractivity contribution is 5.88. The molecule has 1 heterocycles. The number of benzene rings is 1. The summed E-state index contributed by atoms with van der Waals surface area (Å²) in [5.41, 5.74) is 0.871. The first kappa shape index (κ1) is 13.0. The Morgan fingerprint density at radius 1 is 1.26 bits per heavy atom. The molecule has 19 heavy (non-hydrogen) atoms. The first-order valence-electron chi connectivity index (χ1n) is 5.94. The van der Waals surface area contributed by atoms with Crippen LogP contribution in [-0.4, -0.2) is 22.3 Å². The summed E-state index contributed by atoms with van der Waals surface area (Å²) in [6.07, 6.45) is -0.235. The van der Waals surface area contributed by atoms with Gasteiger partial charge in [-0.05, 0) is 25.5 Å². The van der Waals surface area contributed by atoms with Gasteiger partial charge in [0.2, 0.25) is 0 Å². The summed E-state index contributed by atoms with van der Waals surface area (Å²) in [7, 11) is 0. The average Bonchev–Trinajstić information content (AvgIpc) is 2.39. The van der Waals surface area contributed by atoms with Crippen molar-refractivity contribution in [1.29, 1.82) is 0 Å². The van der Waals surface area contributed by atoms with Crippen LogP contribution in [0.5, 0.6) is 0 Å². The summed E-state index contributed by atoms with van der Waals surface area (Å²) in [6.45, 7) is 3.50. The molecule has 1 N–H and O–H groups in total. The fourth-order valence-electron chi connectivity index (χ4n) is 1.62. The Hall–Kier alpha value is -2.43. The van der Waals surface area contributed by atoms with Gasteiger partial charge in [0.15, 0.2) is 5.69 Å². The van der Waals surface area contributed by atoms with E-state index in [0.717, 1.165) is 5.56 Å². The van der Waals surface area contributed by atoms with Crippen molar-refractivity contribution in [3.8, 4) is 11.1 Å². The van der Waals surface area contributed by atoms with E-state index in [9.17, 15) is 9.59 Å². The minimum absolute atomic E-state index is 0.0900. The number of H-pyrrole nitrogens is 1. The maximum Gasteiger partial charge on any atom is 0.359 e. The van der Waals surface area contributed by atoms with Crippen LogP contribution in [0.4, 0.5) is 0 Å². The minimum Gasteiger partial charge on any atom is -0.458 e. The highest BCUT2D eigenvalue weighted by Gasteiger charge is 2.14. The van der Waals surface area contributed by atoms with Gasteiger partial charge in [-0.2, -0.15) is 5.10 Å². The van der Waals surface area contributed by atoms with Gasteiger partial charge in [-0.15, -0.1) is 0 Å². The summed E-state index contributed by atoms with van der Waals surface area (Å²) in [4.78, 5) is 23.5. The SMILES string of the molecule is CC(C)OC(=O)c1cc(-c2ccccc2)c(=O)[nH]n1. The molecule has 0 amide bonds. The Morgan fingerprint density at radius 2 is 1.95 bits per heavy atom. The third kappa shape index (κ3) is 3.07. The van der Waals surface area contributed by atoms with Gasteiger partial charge in [0.1, 0.15) is 0 Å². The Labute approximate surface area is 110 Å². The molecule has 1 aromatic carbocycles. The van der Waals surface area contributed by atoms with Crippen molar-refractivity contribution >= 4 is 5.97 Å². The normalized spacial score (nSPS) is 10.5. The molecule has 0 fully saturated rings. The summed E-state index contributed by atoms with van der Waals surface area (Å²) in [6, 6.07) is 10.5. The molecule has 98 valence electrons. The molecule has 0 saturated carbocycles. The van der Waals surface area contributed by atoms with Crippen molar-refractivity contribution in [2.75, 3.05) is 0 Å². The molecule has 1 aromatic heterocycles. The number of aromatic amines is 1. The average molecular weight is 258 g/mol. The zero-order chi connectivity index (χ0) is 13.8. The molecule has 0 aliphatic rings. The number of carbonyl (C=O) groups is 1. The van der Waals surface area contributed by atoms with E-state index in [2.05, 4.69) is 10.2 Å². The zero-order valence-corrected chi connectivity index (χ0v) is 10.7. The molecule has 2 aromatic rings. The van der Waals surface area contributed by atoms with Crippen LogP contribution in [0.15, 0.2) is 41.2 Å². The molecule has 0 spiro atoms. The van der Waals surface area contributed by atoms with Gasteiger partial charge in [-0.25, -0.2) is 9.89 Å². The monoisotopic (exact) mass is 258 g/mol. The van der Waals surface area contributed by atoms with Crippen LogP contribution >= 0.6 is 0 Å². The van der Waals surface area contributed by atoms with Crippen LogP contribution in [-0.2, 0) is 4.74 Å². The lowest BCUT2D eigenvalue weighted by atomic mass is 10.1. The number of hydrogen-bond acceptors (Lipinski definition) is 4. The fraction of sp³-hybridized carbons (Fsp3) is 0.214. The Balaban J connectivity index is 2.41. The molecule has 0 aliphatic heterocycles. The van der Waals surface area contributed by atoms with Crippen molar-refractivity contribution in [2.45, 2.75) is 20.0 Å². The number of aromatic nitrogens is 2. The number of nitrogens with zero attached hydrogens (tertiary/aromatic N) is 1. The van der Waals surface area contributed by atoms with Gasteiger partial charge in [-0.3, -0.25) is 4.79 Å². The highest BCUT2D eigenvalue weighted by Crippen LogP contribution is 2.15. The number of rotatable bonds is 3. The predicted molar refractivity (Wildman–Crippen MR) is 70.8 cm³/mol. The topological polar surface area (TPSA) is 72.1 Å². The van der Waals surface area contributed by atoms with Crippen molar-refractivity contribution in [1.82, 2.24) is 10.2 Å². The van der Waals surface area contributed by atoms with E-state index in [1.54, 1.807) is 26.0 Å². The van der Waals surface area contributed by atoms with Crippen LogP contribution in [0, 0.1) is 0 Å². The largest absolute Gasteiger partial charge is 0.458 e. The second-order valence-corrected chi connectivity index (χ2v) is 4.32. The van der Waals surface area contributed by atoms with Gasteiger partial charge in [0, 0.05) is 0 Å². The zero-order valence-electron chi connectivity index (χ0n) is 10.7. The molecular formula is C14H14N2O3.